The van der Waals surface area contributed by atoms with E-state index in [4.69, 9.17) is 15.2 Å². The van der Waals surface area contributed by atoms with E-state index in [1.54, 1.807) is 19.2 Å². The van der Waals surface area contributed by atoms with Crippen molar-refractivity contribution in [1.29, 1.82) is 0 Å². The molecule has 18 heavy (non-hydrogen) atoms. The second kappa shape index (κ2) is 4.83. The third-order valence-electron chi connectivity index (χ3n) is 2.89. The number of nitrogens with zero attached hydrogens (tertiary/aromatic N) is 1. The Balaban J connectivity index is 2.31. The van der Waals surface area contributed by atoms with Gasteiger partial charge in [0, 0.05) is 19.7 Å². The van der Waals surface area contributed by atoms with Crippen LogP contribution in [0.5, 0.6) is 11.5 Å². The second-order valence-electron chi connectivity index (χ2n) is 4.14. The highest BCUT2D eigenvalue weighted by Crippen LogP contribution is 2.37. The maximum Gasteiger partial charge on any atom is 0.256 e. The van der Waals surface area contributed by atoms with Crippen molar-refractivity contribution >= 4 is 11.6 Å². The topological polar surface area (TPSA) is 85.0 Å². The van der Waals surface area contributed by atoms with Gasteiger partial charge in [-0.15, -0.1) is 0 Å². The molecule has 1 amide bonds. The minimum Gasteiger partial charge on any atom is -0.454 e. The molecule has 0 bridgehead atoms. The molecule has 2 rings (SSSR count). The summed E-state index contributed by atoms with van der Waals surface area (Å²) in [5, 5.41) is 9.47. The molecule has 6 nitrogen and oxygen atoms in total. The van der Waals surface area contributed by atoms with Gasteiger partial charge in [-0.05, 0) is 18.6 Å². The molecule has 98 valence electrons. The molecule has 1 unspecified atom stereocenters. The van der Waals surface area contributed by atoms with Gasteiger partial charge in [-0.3, -0.25) is 4.79 Å². The molecule has 3 N–H and O–H groups in total. The van der Waals surface area contributed by atoms with Crippen molar-refractivity contribution in [3.05, 3.63) is 17.7 Å². The lowest BCUT2D eigenvalue weighted by molar-refractivity contribution is -0.125. The molecule has 0 aliphatic carbocycles. The fourth-order valence-electron chi connectivity index (χ4n) is 1.84. The Bertz CT molecular complexity index is 475. The van der Waals surface area contributed by atoms with Crippen LogP contribution in [0.25, 0.3) is 0 Å². The predicted molar refractivity (Wildman–Crippen MR) is 65.8 cm³/mol. The zero-order chi connectivity index (χ0) is 13.3. The Hall–Kier alpha value is -1.79. The summed E-state index contributed by atoms with van der Waals surface area (Å²) < 4.78 is 10.5. The number of aliphatic hydroxyl groups is 1. The first-order chi connectivity index (χ1) is 8.54. The lowest BCUT2D eigenvalue weighted by Crippen LogP contribution is -2.40. The smallest absolute Gasteiger partial charge is 0.256 e. The number of rotatable bonds is 3. The van der Waals surface area contributed by atoms with Gasteiger partial charge in [-0.2, -0.15) is 0 Å². The summed E-state index contributed by atoms with van der Waals surface area (Å²) in [6.45, 7) is 1.93. The summed E-state index contributed by atoms with van der Waals surface area (Å²) in [4.78, 5) is 13.2. The Morgan fingerprint density at radius 2 is 2.11 bits per heavy atom. The molecule has 1 aliphatic rings. The largest absolute Gasteiger partial charge is 0.454 e. The number of nitrogens with two attached hydrogens (primary N) is 1. The van der Waals surface area contributed by atoms with Crippen LogP contribution in [0.1, 0.15) is 5.56 Å². The van der Waals surface area contributed by atoms with Gasteiger partial charge < -0.3 is 25.2 Å². The van der Waals surface area contributed by atoms with Gasteiger partial charge in [0.15, 0.2) is 11.5 Å². The highest BCUT2D eigenvalue weighted by molar-refractivity contribution is 5.97. The first-order valence-electron chi connectivity index (χ1n) is 5.60. The SMILES string of the molecule is Cc1cc2c(cc1N(C)C(=O)C(O)CN)OCO2. The summed E-state index contributed by atoms with van der Waals surface area (Å²) in [6, 6.07) is 3.52. The van der Waals surface area contributed by atoms with Gasteiger partial charge in [0.1, 0.15) is 6.10 Å². The number of hydrogen-bond acceptors (Lipinski definition) is 5. The Labute approximate surface area is 105 Å². The number of fused-ring (bicyclic) bond motifs is 1. The summed E-state index contributed by atoms with van der Waals surface area (Å²) >= 11 is 0. The number of hydrogen-bond donors (Lipinski definition) is 2. The van der Waals surface area contributed by atoms with Crippen molar-refractivity contribution in [2.75, 3.05) is 25.3 Å². The standard InChI is InChI=1S/C12H16N2O4/c1-7-3-10-11(18-6-17-10)4-8(7)14(2)12(16)9(15)5-13/h3-4,9,15H,5-6,13H2,1-2H3. The van der Waals surface area contributed by atoms with E-state index in [0.29, 0.717) is 17.2 Å². The number of ether oxygens (including phenoxy) is 2. The number of carbonyl (C=O) groups is 1. The quantitative estimate of drug-likeness (QED) is 0.791. The number of aryl methyl sites for hydroxylation is 1. The molecule has 0 aromatic heterocycles. The van der Waals surface area contributed by atoms with Crippen LogP contribution in [0.4, 0.5) is 5.69 Å². The molecule has 1 atom stereocenters. The van der Waals surface area contributed by atoms with E-state index in [9.17, 15) is 9.90 Å². The van der Waals surface area contributed by atoms with E-state index >= 15 is 0 Å². The fraction of sp³-hybridized carbons (Fsp3) is 0.417. The van der Waals surface area contributed by atoms with Crippen LogP contribution in [0, 0.1) is 6.92 Å². The van der Waals surface area contributed by atoms with Gasteiger partial charge in [0.2, 0.25) is 6.79 Å². The van der Waals surface area contributed by atoms with E-state index in [0.717, 1.165) is 5.56 Å². The van der Waals surface area contributed by atoms with Crippen molar-refractivity contribution in [2.24, 2.45) is 5.73 Å². The van der Waals surface area contributed by atoms with Gasteiger partial charge in [-0.1, -0.05) is 0 Å². The minimum absolute atomic E-state index is 0.104. The van der Waals surface area contributed by atoms with E-state index < -0.39 is 12.0 Å². The summed E-state index contributed by atoms with van der Waals surface area (Å²) in [7, 11) is 1.59. The fourth-order valence-corrected chi connectivity index (χ4v) is 1.84. The number of likely N-dealkylation sites (N-methyl/N-ethyl adjacent to an activating group) is 1. The van der Waals surface area contributed by atoms with Crippen LogP contribution < -0.4 is 20.1 Å². The molecule has 0 fully saturated rings. The third kappa shape index (κ3) is 2.12. The lowest BCUT2D eigenvalue weighted by Gasteiger charge is -2.22. The van der Waals surface area contributed by atoms with Crippen molar-refractivity contribution in [1.82, 2.24) is 0 Å². The number of carbonyl (C=O) groups excluding carboxylic acids is 1. The van der Waals surface area contributed by atoms with Crippen molar-refractivity contribution in [2.45, 2.75) is 13.0 Å². The summed E-state index contributed by atoms with van der Waals surface area (Å²) in [5.41, 5.74) is 6.80. The van der Waals surface area contributed by atoms with E-state index in [-0.39, 0.29) is 13.3 Å². The highest BCUT2D eigenvalue weighted by atomic mass is 16.7. The zero-order valence-corrected chi connectivity index (χ0v) is 10.3. The third-order valence-corrected chi connectivity index (χ3v) is 2.89. The molecule has 6 heteroatoms. The van der Waals surface area contributed by atoms with E-state index in [2.05, 4.69) is 0 Å². The van der Waals surface area contributed by atoms with E-state index in [1.165, 1.54) is 4.90 Å². The molecule has 0 saturated heterocycles. The van der Waals surface area contributed by atoms with Crippen LogP contribution in [-0.4, -0.2) is 37.5 Å². The number of anilines is 1. The van der Waals surface area contributed by atoms with Crippen molar-refractivity contribution in [3.63, 3.8) is 0 Å². The first kappa shape index (κ1) is 12.7. The molecule has 0 saturated carbocycles. The van der Waals surface area contributed by atoms with Crippen LogP contribution in [0.2, 0.25) is 0 Å². The van der Waals surface area contributed by atoms with E-state index in [1.807, 2.05) is 6.92 Å². The molecule has 1 aromatic carbocycles. The summed E-state index contributed by atoms with van der Waals surface area (Å²) in [5.74, 6) is 0.813. The molecule has 1 aromatic rings. The zero-order valence-electron chi connectivity index (χ0n) is 10.3. The molecular weight excluding hydrogens is 236 g/mol. The van der Waals surface area contributed by atoms with Crippen molar-refractivity contribution in [3.8, 4) is 11.5 Å². The molecular formula is C12H16N2O4. The predicted octanol–water partition coefficient (Wildman–Crippen LogP) is 0.00612. The number of amides is 1. The lowest BCUT2D eigenvalue weighted by atomic mass is 10.1. The van der Waals surface area contributed by atoms with Gasteiger partial charge in [0.05, 0.1) is 5.69 Å². The van der Waals surface area contributed by atoms with Crippen LogP contribution in [0.15, 0.2) is 12.1 Å². The maximum atomic E-state index is 11.9. The minimum atomic E-state index is -1.19. The first-order valence-corrected chi connectivity index (χ1v) is 5.60. The Morgan fingerprint density at radius 3 is 2.72 bits per heavy atom. The second-order valence-corrected chi connectivity index (χ2v) is 4.14. The van der Waals surface area contributed by atoms with Gasteiger partial charge in [0.25, 0.3) is 5.91 Å². The van der Waals surface area contributed by atoms with Crippen LogP contribution in [0.3, 0.4) is 0 Å². The average Bonchev–Trinajstić information content (AvgIpc) is 2.82. The number of aliphatic hydroxyl groups excluding tert-OH is 1. The average molecular weight is 252 g/mol. The van der Waals surface area contributed by atoms with Crippen molar-refractivity contribution < 1.29 is 19.4 Å². The Morgan fingerprint density at radius 1 is 1.50 bits per heavy atom. The van der Waals surface area contributed by atoms with Crippen LogP contribution in [-0.2, 0) is 4.79 Å². The number of benzene rings is 1. The Kier molecular flexibility index (Phi) is 3.40. The highest BCUT2D eigenvalue weighted by Gasteiger charge is 2.23. The van der Waals surface area contributed by atoms with Crippen LogP contribution >= 0.6 is 0 Å². The van der Waals surface area contributed by atoms with Gasteiger partial charge in [-0.25, -0.2) is 0 Å². The maximum absolute atomic E-state index is 11.9. The van der Waals surface area contributed by atoms with Gasteiger partial charge >= 0.3 is 0 Å². The molecule has 1 aliphatic heterocycles. The molecule has 0 radical (unpaired) electrons. The molecule has 0 spiro atoms. The normalized spacial score (nSPS) is 14.4. The monoisotopic (exact) mass is 252 g/mol. The summed E-state index contributed by atoms with van der Waals surface area (Å²) in [6.07, 6.45) is -1.19. The molecule has 1 heterocycles.